The van der Waals surface area contributed by atoms with Crippen LogP contribution >= 0.6 is 0 Å². The third kappa shape index (κ3) is 2.13. The van der Waals surface area contributed by atoms with Crippen LogP contribution in [0.15, 0.2) is 27.3 Å². The van der Waals surface area contributed by atoms with Crippen molar-refractivity contribution in [1.29, 1.82) is 0 Å². The average Bonchev–Trinajstić information content (AvgIpc) is 3.23. The van der Waals surface area contributed by atoms with Gasteiger partial charge in [-0.3, -0.25) is 14.3 Å². The summed E-state index contributed by atoms with van der Waals surface area (Å²) in [5.41, 5.74) is 7.94. The van der Waals surface area contributed by atoms with Gasteiger partial charge in [0.2, 0.25) is 0 Å². The molecule has 2 aliphatic carbocycles. The number of rotatable bonds is 2. The summed E-state index contributed by atoms with van der Waals surface area (Å²) >= 11 is 0. The van der Waals surface area contributed by atoms with Crippen LogP contribution < -0.4 is 21.9 Å². The number of halogens is 1. The van der Waals surface area contributed by atoms with E-state index in [1.165, 1.54) is 11.6 Å². The molecule has 1 aromatic heterocycles. The lowest BCUT2D eigenvalue weighted by Gasteiger charge is -2.23. The number of nitrogens with zero attached hydrogens (tertiary/aromatic N) is 2. The summed E-state index contributed by atoms with van der Waals surface area (Å²) in [6, 6.07) is 1.59. The SMILES string of the molecule is Cc1cc(F)c(N2CC3=CCC(N)C3C2)c2c(=O)[nH]c(=O)n(C3CC3)c12. The van der Waals surface area contributed by atoms with Crippen molar-refractivity contribution in [3.05, 3.63) is 49.9 Å². The predicted molar refractivity (Wildman–Crippen MR) is 98.2 cm³/mol. The first-order chi connectivity index (χ1) is 12.5. The minimum Gasteiger partial charge on any atom is -0.364 e. The Morgan fingerprint density at radius 3 is 2.77 bits per heavy atom. The molecule has 5 rings (SSSR count). The Kier molecular flexibility index (Phi) is 3.22. The van der Waals surface area contributed by atoms with Crippen molar-refractivity contribution in [2.45, 2.75) is 38.3 Å². The number of aryl methyl sites for hydroxylation is 1. The van der Waals surface area contributed by atoms with Crippen molar-refractivity contribution < 1.29 is 4.39 Å². The van der Waals surface area contributed by atoms with Crippen molar-refractivity contribution in [3.63, 3.8) is 0 Å². The number of hydrogen-bond donors (Lipinski definition) is 2. The summed E-state index contributed by atoms with van der Waals surface area (Å²) in [4.78, 5) is 29.4. The number of fused-ring (bicyclic) bond motifs is 2. The summed E-state index contributed by atoms with van der Waals surface area (Å²) in [6.07, 6.45) is 4.79. The molecule has 2 atom stereocenters. The first kappa shape index (κ1) is 15.8. The van der Waals surface area contributed by atoms with Gasteiger partial charge >= 0.3 is 5.69 Å². The van der Waals surface area contributed by atoms with Gasteiger partial charge in [0.05, 0.1) is 16.6 Å². The van der Waals surface area contributed by atoms with E-state index >= 15 is 4.39 Å². The summed E-state index contributed by atoms with van der Waals surface area (Å²) < 4.78 is 16.6. The number of hydrogen-bond acceptors (Lipinski definition) is 4. The fraction of sp³-hybridized carbons (Fsp3) is 0.474. The van der Waals surface area contributed by atoms with Gasteiger partial charge in [-0.2, -0.15) is 0 Å². The zero-order valence-corrected chi connectivity index (χ0v) is 14.6. The Balaban J connectivity index is 1.77. The number of H-pyrrole nitrogens is 1. The Labute approximate surface area is 149 Å². The van der Waals surface area contributed by atoms with Gasteiger partial charge in [0.1, 0.15) is 5.82 Å². The van der Waals surface area contributed by atoms with Gasteiger partial charge < -0.3 is 10.6 Å². The lowest BCUT2D eigenvalue weighted by molar-refractivity contribution is 0.549. The van der Waals surface area contributed by atoms with Gasteiger partial charge in [-0.05, 0) is 43.4 Å². The highest BCUT2D eigenvalue weighted by Crippen LogP contribution is 2.41. The van der Waals surface area contributed by atoms with E-state index in [-0.39, 0.29) is 23.4 Å². The highest BCUT2D eigenvalue weighted by atomic mass is 19.1. The molecule has 0 bridgehead atoms. The fourth-order valence-electron chi connectivity index (χ4n) is 4.60. The maximum absolute atomic E-state index is 15.0. The molecule has 6 nitrogen and oxygen atoms in total. The van der Waals surface area contributed by atoms with Crippen LogP contribution in [-0.4, -0.2) is 28.7 Å². The molecule has 2 aromatic rings. The molecule has 2 heterocycles. The highest BCUT2D eigenvalue weighted by Gasteiger charge is 2.37. The van der Waals surface area contributed by atoms with E-state index in [4.69, 9.17) is 5.73 Å². The second kappa shape index (κ2) is 5.30. The van der Waals surface area contributed by atoms with Crippen LogP contribution in [0.4, 0.5) is 10.1 Å². The minimum absolute atomic E-state index is 0.0534. The van der Waals surface area contributed by atoms with E-state index in [1.54, 1.807) is 11.5 Å². The molecule has 0 amide bonds. The van der Waals surface area contributed by atoms with E-state index in [1.807, 2.05) is 4.90 Å². The lowest BCUT2D eigenvalue weighted by Crippen LogP contribution is -2.34. The fourth-order valence-corrected chi connectivity index (χ4v) is 4.60. The Bertz CT molecular complexity index is 1080. The maximum Gasteiger partial charge on any atom is 0.329 e. The van der Waals surface area contributed by atoms with Crippen molar-refractivity contribution in [1.82, 2.24) is 9.55 Å². The third-order valence-corrected chi connectivity index (χ3v) is 5.99. The average molecular weight is 356 g/mol. The van der Waals surface area contributed by atoms with Crippen molar-refractivity contribution in [2.75, 3.05) is 18.0 Å². The first-order valence-electron chi connectivity index (χ1n) is 9.12. The van der Waals surface area contributed by atoms with Crippen molar-refractivity contribution in [2.24, 2.45) is 11.7 Å². The van der Waals surface area contributed by atoms with Crippen LogP contribution in [0, 0.1) is 18.7 Å². The summed E-state index contributed by atoms with van der Waals surface area (Å²) in [7, 11) is 0. The summed E-state index contributed by atoms with van der Waals surface area (Å²) in [5, 5.41) is 0.281. The zero-order chi connectivity index (χ0) is 18.2. The van der Waals surface area contributed by atoms with Crippen LogP contribution in [-0.2, 0) is 0 Å². The Hall–Kier alpha value is -2.41. The zero-order valence-electron chi connectivity index (χ0n) is 14.6. The van der Waals surface area contributed by atoms with Gasteiger partial charge in [-0.15, -0.1) is 0 Å². The maximum atomic E-state index is 15.0. The monoisotopic (exact) mass is 356 g/mol. The normalized spacial score (nSPS) is 25.0. The number of aromatic nitrogens is 2. The van der Waals surface area contributed by atoms with Crippen LogP contribution in [0.5, 0.6) is 0 Å². The van der Waals surface area contributed by atoms with Crippen molar-refractivity contribution in [3.8, 4) is 0 Å². The molecule has 1 aromatic carbocycles. The molecule has 1 saturated heterocycles. The van der Waals surface area contributed by atoms with Gasteiger partial charge in [0, 0.05) is 31.1 Å². The molecule has 2 unspecified atom stereocenters. The molecule has 136 valence electrons. The minimum atomic E-state index is -0.519. The van der Waals surface area contributed by atoms with E-state index in [0.717, 1.165) is 19.3 Å². The first-order valence-corrected chi connectivity index (χ1v) is 9.12. The molecule has 1 aliphatic heterocycles. The van der Waals surface area contributed by atoms with Crippen LogP contribution in [0.25, 0.3) is 10.9 Å². The number of benzene rings is 1. The second-order valence-corrected chi connectivity index (χ2v) is 7.77. The van der Waals surface area contributed by atoms with Crippen LogP contribution in [0.3, 0.4) is 0 Å². The predicted octanol–water partition coefficient (Wildman–Crippen LogP) is 1.57. The van der Waals surface area contributed by atoms with Crippen LogP contribution in [0.1, 0.15) is 30.9 Å². The summed E-state index contributed by atoms with van der Waals surface area (Å²) in [6.45, 7) is 2.93. The second-order valence-electron chi connectivity index (χ2n) is 7.77. The number of nitrogens with one attached hydrogen (secondary N) is 1. The molecule has 1 saturated carbocycles. The van der Waals surface area contributed by atoms with Crippen molar-refractivity contribution >= 4 is 16.6 Å². The number of nitrogens with two attached hydrogens (primary N) is 1. The van der Waals surface area contributed by atoms with Gasteiger partial charge in [-0.1, -0.05) is 6.08 Å². The number of aromatic amines is 1. The van der Waals surface area contributed by atoms with E-state index < -0.39 is 17.1 Å². The lowest BCUT2D eigenvalue weighted by atomic mass is 10.0. The molecule has 3 aliphatic rings. The highest BCUT2D eigenvalue weighted by molar-refractivity contribution is 5.94. The Morgan fingerprint density at radius 2 is 2.08 bits per heavy atom. The smallest absolute Gasteiger partial charge is 0.329 e. The molecule has 26 heavy (non-hydrogen) atoms. The Morgan fingerprint density at radius 1 is 1.31 bits per heavy atom. The molecule has 2 fully saturated rings. The standard InChI is InChI=1S/C19H21FN4O2/c1-9-6-13(20)17(23-7-10-2-5-14(21)12(10)8-23)15-16(9)24(11-3-4-11)19(26)22-18(15)25/h2,6,11-12,14H,3-5,7-8,21H2,1H3,(H,22,25,26). The largest absolute Gasteiger partial charge is 0.364 e. The van der Waals surface area contributed by atoms with E-state index in [2.05, 4.69) is 11.1 Å². The number of anilines is 1. The molecule has 3 N–H and O–H groups in total. The van der Waals surface area contributed by atoms with Gasteiger partial charge in [0.25, 0.3) is 5.56 Å². The van der Waals surface area contributed by atoms with Crippen LogP contribution in [0.2, 0.25) is 0 Å². The topological polar surface area (TPSA) is 84.1 Å². The third-order valence-electron chi connectivity index (χ3n) is 5.99. The van der Waals surface area contributed by atoms with E-state index in [9.17, 15) is 9.59 Å². The quantitative estimate of drug-likeness (QED) is 0.800. The molecule has 0 radical (unpaired) electrons. The van der Waals surface area contributed by atoms with Gasteiger partial charge in [-0.25, -0.2) is 9.18 Å². The van der Waals surface area contributed by atoms with Gasteiger partial charge in [0.15, 0.2) is 0 Å². The summed E-state index contributed by atoms with van der Waals surface area (Å²) in [5.74, 6) is -0.213. The molecule has 0 spiro atoms. The molecular weight excluding hydrogens is 335 g/mol. The molecule has 7 heteroatoms. The van der Waals surface area contributed by atoms with E-state index in [0.29, 0.717) is 29.9 Å². The molecular formula is C19H21FN4O2.